The van der Waals surface area contributed by atoms with E-state index >= 15 is 0 Å². The van der Waals surface area contributed by atoms with Crippen LogP contribution in [0.3, 0.4) is 0 Å². The first-order chi connectivity index (χ1) is 12.2. The molecule has 1 aliphatic heterocycles. The van der Waals surface area contributed by atoms with Crippen molar-refractivity contribution in [3.05, 3.63) is 36.7 Å². The van der Waals surface area contributed by atoms with Crippen LogP contribution in [-0.4, -0.2) is 52.9 Å². The Bertz CT molecular complexity index is 707. The predicted octanol–water partition coefficient (Wildman–Crippen LogP) is 2.07. The molecule has 6 nitrogen and oxygen atoms in total. The van der Waals surface area contributed by atoms with Gasteiger partial charge in [0, 0.05) is 37.9 Å². The second-order valence-corrected chi connectivity index (χ2v) is 6.44. The summed E-state index contributed by atoms with van der Waals surface area (Å²) in [6.45, 7) is 4.59. The zero-order valence-corrected chi connectivity index (χ0v) is 14.9. The number of likely N-dealkylation sites (N-methyl/N-ethyl adjacent to an activating group) is 1. The number of nitrogens with one attached hydrogen (secondary N) is 1. The van der Waals surface area contributed by atoms with E-state index in [1.54, 1.807) is 4.68 Å². The third-order valence-corrected chi connectivity index (χ3v) is 4.57. The number of benzene rings is 1. The summed E-state index contributed by atoms with van der Waals surface area (Å²) >= 11 is 0. The molecule has 0 unspecified atom stereocenters. The molecule has 6 heteroatoms. The number of hydrogen-bond acceptors (Lipinski definition) is 4. The maximum absolute atomic E-state index is 12.5. The van der Waals surface area contributed by atoms with E-state index in [4.69, 9.17) is 4.74 Å². The molecule has 1 saturated heterocycles. The molecule has 0 bridgehead atoms. The number of aromatic nitrogens is 2. The number of nitrogens with zero attached hydrogens (tertiary/aromatic N) is 3. The van der Waals surface area contributed by atoms with Crippen LogP contribution in [0.4, 0.5) is 0 Å². The first kappa shape index (κ1) is 17.5. The van der Waals surface area contributed by atoms with E-state index in [0.29, 0.717) is 18.3 Å². The van der Waals surface area contributed by atoms with Gasteiger partial charge in [0.25, 0.3) is 5.91 Å². The Labute approximate surface area is 148 Å². The lowest BCUT2D eigenvalue weighted by Gasteiger charge is -2.24. The topological polar surface area (TPSA) is 59.4 Å². The average molecular weight is 342 g/mol. The van der Waals surface area contributed by atoms with E-state index in [1.807, 2.05) is 55.5 Å². The summed E-state index contributed by atoms with van der Waals surface area (Å²) in [5.74, 6) is 0.729. The highest BCUT2D eigenvalue weighted by atomic mass is 16.5. The maximum Gasteiger partial charge on any atom is 0.260 e. The fourth-order valence-electron chi connectivity index (χ4n) is 3.16. The summed E-state index contributed by atoms with van der Waals surface area (Å²) in [6.07, 6.45) is 6.10. The van der Waals surface area contributed by atoms with Gasteiger partial charge in [-0.05, 0) is 44.0 Å². The van der Waals surface area contributed by atoms with E-state index in [2.05, 4.69) is 10.4 Å². The van der Waals surface area contributed by atoms with E-state index in [-0.39, 0.29) is 12.5 Å². The summed E-state index contributed by atoms with van der Waals surface area (Å²) in [4.78, 5) is 14.3. The lowest BCUT2D eigenvalue weighted by atomic mass is 10.1. The monoisotopic (exact) mass is 342 g/mol. The third kappa shape index (κ3) is 4.60. The Morgan fingerprint density at radius 1 is 1.44 bits per heavy atom. The average Bonchev–Trinajstić information content (AvgIpc) is 3.29. The van der Waals surface area contributed by atoms with Gasteiger partial charge in [0.2, 0.25) is 0 Å². The van der Waals surface area contributed by atoms with Crippen LogP contribution in [-0.2, 0) is 11.8 Å². The van der Waals surface area contributed by atoms with Crippen molar-refractivity contribution in [3.63, 3.8) is 0 Å². The molecular formula is C19H26N4O2. The van der Waals surface area contributed by atoms with Gasteiger partial charge in [-0.3, -0.25) is 9.48 Å². The van der Waals surface area contributed by atoms with Crippen LogP contribution in [0.25, 0.3) is 11.1 Å². The molecule has 1 amide bonds. The van der Waals surface area contributed by atoms with Crippen molar-refractivity contribution in [1.29, 1.82) is 0 Å². The van der Waals surface area contributed by atoms with Crippen LogP contribution in [0.15, 0.2) is 36.7 Å². The molecule has 3 rings (SSSR count). The zero-order chi connectivity index (χ0) is 17.6. The molecule has 1 N–H and O–H groups in total. The molecule has 2 aromatic rings. The Hall–Kier alpha value is -2.34. The van der Waals surface area contributed by atoms with E-state index in [9.17, 15) is 4.79 Å². The van der Waals surface area contributed by atoms with Crippen LogP contribution in [0.5, 0.6) is 5.75 Å². The highest BCUT2D eigenvalue weighted by Crippen LogP contribution is 2.23. The van der Waals surface area contributed by atoms with Gasteiger partial charge in [0.1, 0.15) is 5.75 Å². The predicted molar refractivity (Wildman–Crippen MR) is 97.4 cm³/mol. The Morgan fingerprint density at radius 3 is 3.00 bits per heavy atom. The largest absolute Gasteiger partial charge is 0.484 e. The van der Waals surface area contributed by atoms with Gasteiger partial charge in [-0.25, -0.2) is 0 Å². The van der Waals surface area contributed by atoms with Crippen molar-refractivity contribution < 1.29 is 9.53 Å². The molecule has 0 saturated carbocycles. The van der Waals surface area contributed by atoms with Gasteiger partial charge < -0.3 is 15.0 Å². The first-order valence-corrected chi connectivity index (χ1v) is 8.88. The molecule has 0 radical (unpaired) electrons. The van der Waals surface area contributed by atoms with E-state index < -0.39 is 0 Å². The number of carbonyl (C=O) groups is 1. The number of amides is 1. The number of carbonyl (C=O) groups excluding carboxylic acids is 1. The second-order valence-electron chi connectivity index (χ2n) is 6.44. The van der Waals surface area contributed by atoms with Crippen LogP contribution < -0.4 is 10.1 Å². The van der Waals surface area contributed by atoms with Gasteiger partial charge in [-0.2, -0.15) is 5.10 Å². The zero-order valence-electron chi connectivity index (χ0n) is 14.9. The maximum atomic E-state index is 12.5. The van der Waals surface area contributed by atoms with E-state index in [0.717, 1.165) is 30.6 Å². The molecule has 1 aliphatic rings. The standard InChI is InChI=1S/C19H26N4O2/c1-3-23(13-17-7-5-9-20-17)19(24)14-25-18-8-4-6-15(10-18)16-11-21-22(2)12-16/h4,6,8,10-12,17,20H,3,5,7,9,13-14H2,1-2H3/t17-/m1/s1. The minimum absolute atomic E-state index is 0.0305. The minimum Gasteiger partial charge on any atom is -0.484 e. The molecule has 1 aromatic heterocycles. The Balaban J connectivity index is 1.57. The fourth-order valence-corrected chi connectivity index (χ4v) is 3.16. The number of rotatable bonds is 7. The fraction of sp³-hybridized carbons (Fsp3) is 0.474. The smallest absolute Gasteiger partial charge is 0.260 e. The molecule has 2 heterocycles. The van der Waals surface area contributed by atoms with Crippen molar-refractivity contribution in [3.8, 4) is 16.9 Å². The summed E-state index contributed by atoms with van der Waals surface area (Å²) in [6, 6.07) is 8.18. The van der Waals surface area contributed by atoms with E-state index in [1.165, 1.54) is 6.42 Å². The SMILES string of the molecule is CCN(C[C@H]1CCCN1)C(=O)COc1cccc(-c2cnn(C)c2)c1. The summed E-state index contributed by atoms with van der Waals surface area (Å²) in [7, 11) is 1.89. The van der Waals surface area contributed by atoms with Gasteiger partial charge in [0.15, 0.2) is 6.61 Å². The van der Waals surface area contributed by atoms with Crippen molar-refractivity contribution in [1.82, 2.24) is 20.0 Å². The van der Waals surface area contributed by atoms with Crippen LogP contribution in [0.1, 0.15) is 19.8 Å². The third-order valence-electron chi connectivity index (χ3n) is 4.57. The van der Waals surface area contributed by atoms with Crippen LogP contribution >= 0.6 is 0 Å². The number of aryl methyl sites for hydroxylation is 1. The van der Waals surface area contributed by atoms with Gasteiger partial charge >= 0.3 is 0 Å². The highest BCUT2D eigenvalue weighted by molar-refractivity contribution is 5.78. The molecule has 134 valence electrons. The molecule has 0 spiro atoms. The van der Waals surface area contributed by atoms with Crippen molar-refractivity contribution in [2.24, 2.45) is 7.05 Å². The molecule has 1 atom stereocenters. The molecule has 0 aliphatic carbocycles. The lowest BCUT2D eigenvalue weighted by molar-refractivity contribution is -0.133. The van der Waals surface area contributed by atoms with Crippen molar-refractivity contribution >= 4 is 5.91 Å². The Morgan fingerprint density at radius 2 is 2.32 bits per heavy atom. The number of ether oxygens (including phenoxy) is 1. The molecular weight excluding hydrogens is 316 g/mol. The highest BCUT2D eigenvalue weighted by Gasteiger charge is 2.20. The van der Waals surface area contributed by atoms with Crippen molar-refractivity contribution in [2.75, 3.05) is 26.2 Å². The summed E-state index contributed by atoms with van der Waals surface area (Å²) in [5, 5.41) is 7.62. The quantitative estimate of drug-likeness (QED) is 0.837. The van der Waals surface area contributed by atoms with Gasteiger partial charge in [-0.15, -0.1) is 0 Å². The summed E-state index contributed by atoms with van der Waals surface area (Å²) < 4.78 is 7.51. The summed E-state index contributed by atoms with van der Waals surface area (Å²) in [5.41, 5.74) is 2.06. The first-order valence-electron chi connectivity index (χ1n) is 8.88. The van der Waals surface area contributed by atoms with Gasteiger partial charge in [-0.1, -0.05) is 12.1 Å². The number of hydrogen-bond donors (Lipinski definition) is 1. The molecule has 25 heavy (non-hydrogen) atoms. The van der Waals surface area contributed by atoms with Crippen LogP contribution in [0, 0.1) is 0 Å². The van der Waals surface area contributed by atoms with Gasteiger partial charge in [0.05, 0.1) is 6.20 Å². The molecule has 1 fully saturated rings. The minimum atomic E-state index is 0.0305. The second kappa shape index (κ2) is 8.16. The normalized spacial score (nSPS) is 16.8. The lowest BCUT2D eigenvalue weighted by Crippen LogP contribution is -2.42. The Kier molecular flexibility index (Phi) is 5.71. The molecule has 1 aromatic carbocycles. The van der Waals surface area contributed by atoms with Crippen molar-refractivity contribution in [2.45, 2.75) is 25.8 Å². The van der Waals surface area contributed by atoms with Crippen LogP contribution in [0.2, 0.25) is 0 Å².